The van der Waals surface area contributed by atoms with Gasteiger partial charge in [-0.05, 0) is 25.6 Å². The van der Waals surface area contributed by atoms with Crippen molar-refractivity contribution in [3.63, 3.8) is 0 Å². The van der Waals surface area contributed by atoms with Crippen LogP contribution in [0.1, 0.15) is 16.8 Å². The van der Waals surface area contributed by atoms with Gasteiger partial charge in [-0.1, -0.05) is 17.7 Å². The zero-order valence-corrected chi connectivity index (χ0v) is 15.3. The molecule has 130 valence electrons. The average Bonchev–Trinajstić information content (AvgIpc) is 2.82. The number of aryl methyl sites for hydroxylation is 2. The van der Waals surface area contributed by atoms with Gasteiger partial charge >= 0.3 is 0 Å². The number of nitrogens with one attached hydrogen (secondary N) is 1. The molecule has 24 heavy (non-hydrogen) atoms. The summed E-state index contributed by atoms with van der Waals surface area (Å²) in [4.78, 5) is 9.31. The first-order valence-corrected chi connectivity index (χ1v) is 8.69. The number of pyridine rings is 1. The van der Waals surface area contributed by atoms with E-state index in [4.69, 9.17) is 11.6 Å². The molecule has 3 heterocycles. The highest BCUT2D eigenvalue weighted by Crippen LogP contribution is 2.18. The molecule has 2 aromatic heterocycles. The zero-order chi connectivity index (χ0) is 17.1. The van der Waals surface area contributed by atoms with E-state index in [0.717, 1.165) is 49.8 Å². The predicted octanol–water partition coefficient (Wildman–Crippen LogP) is 1.82. The van der Waals surface area contributed by atoms with Crippen LogP contribution in [0.5, 0.6) is 0 Å². The summed E-state index contributed by atoms with van der Waals surface area (Å²) in [7, 11) is 4.02. The fraction of sp³-hybridized carbons (Fsp3) is 0.529. The molecule has 7 heteroatoms. The molecular weight excluding hydrogens is 324 g/mol. The summed E-state index contributed by atoms with van der Waals surface area (Å²) in [5.41, 5.74) is 3.20. The molecule has 6 nitrogen and oxygen atoms in total. The number of rotatable bonds is 5. The van der Waals surface area contributed by atoms with Crippen molar-refractivity contribution in [3.05, 3.63) is 40.3 Å². The van der Waals surface area contributed by atoms with Crippen molar-refractivity contribution in [1.29, 1.82) is 0 Å². The summed E-state index contributed by atoms with van der Waals surface area (Å²) >= 11 is 6.25. The van der Waals surface area contributed by atoms with E-state index < -0.39 is 0 Å². The van der Waals surface area contributed by atoms with Crippen LogP contribution < -0.4 is 10.2 Å². The van der Waals surface area contributed by atoms with E-state index in [1.165, 1.54) is 5.56 Å². The minimum Gasteiger partial charge on any atom is -0.354 e. The third kappa shape index (κ3) is 3.88. The quantitative estimate of drug-likeness (QED) is 0.893. The third-order valence-electron chi connectivity index (χ3n) is 4.54. The van der Waals surface area contributed by atoms with Gasteiger partial charge in [0.2, 0.25) is 0 Å². The Balaban J connectivity index is 1.53. The van der Waals surface area contributed by atoms with Crippen LogP contribution in [0.3, 0.4) is 0 Å². The molecule has 0 aromatic carbocycles. The van der Waals surface area contributed by atoms with E-state index in [0.29, 0.717) is 11.7 Å². The molecule has 1 N–H and O–H groups in total. The molecule has 0 atom stereocenters. The van der Waals surface area contributed by atoms with Crippen molar-refractivity contribution < 1.29 is 0 Å². The largest absolute Gasteiger partial charge is 0.354 e. The van der Waals surface area contributed by atoms with E-state index >= 15 is 0 Å². The standard InChI is InChI=1S/C17H25ClN6/c1-13-15(17(18)23(3)21-13)12-19-10-14-4-5-16(20-11-14)24-8-6-22(2)7-9-24/h4-5,11,19H,6-10,12H2,1-3H3. The molecule has 0 amide bonds. The zero-order valence-electron chi connectivity index (χ0n) is 14.6. The Hall–Kier alpha value is -1.63. The Morgan fingerprint density at radius 1 is 1.12 bits per heavy atom. The van der Waals surface area contributed by atoms with E-state index in [9.17, 15) is 0 Å². The highest BCUT2D eigenvalue weighted by Gasteiger charge is 2.15. The fourth-order valence-corrected chi connectivity index (χ4v) is 3.19. The lowest BCUT2D eigenvalue weighted by atomic mass is 10.2. The first-order chi connectivity index (χ1) is 11.5. The number of hydrogen-bond acceptors (Lipinski definition) is 5. The maximum absolute atomic E-state index is 6.25. The Morgan fingerprint density at radius 2 is 1.88 bits per heavy atom. The van der Waals surface area contributed by atoms with E-state index in [2.05, 4.69) is 44.4 Å². The van der Waals surface area contributed by atoms with Crippen molar-refractivity contribution in [2.24, 2.45) is 7.05 Å². The van der Waals surface area contributed by atoms with Crippen LogP contribution in [0.15, 0.2) is 18.3 Å². The predicted molar refractivity (Wildman–Crippen MR) is 97.4 cm³/mol. The number of piperazine rings is 1. The van der Waals surface area contributed by atoms with Gasteiger partial charge in [0.05, 0.1) is 5.69 Å². The van der Waals surface area contributed by atoms with Gasteiger partial charge in [0, 0.05) is 58.1 Å². The molecule has 0 radical (unpaired) electrons. The maximum atomic E-state index is 6.25. The van der Waals surface area contributed by atoms with E-state index in [-0.39, 0.29) is 0 Å². The van der Waals surface area contributed by atoms with Gasteiger partial charge in [-0.2, -0.15) is 5.10 Å². The number of anilines is 1. The monoisotopic (exact) mass is 348 g/mol. The van der Waals surface area contributed by atoms with Gasteiger partial charge in [0.15, 0.2) is 0 Å². The Labute approximate surface area is 148 Å². The first kappa shape index (κ1) is 17.2. The van der Waals surface area contributed by atoms with Gasteiger partial charge in [-0.3, -0.25) is 4.68 Å². The number of halogens is 1. The molecule has 1 aliphatic rings. The van der Waals surface area contributed by atoms with Crippen LogP contribution in [0.4, 0.5) is 5.82 Å². The molecule has 1 fully saturated rings. The Kier molecular flexibility index (Phi) is 5.38. The summed E-state index contributed by atoms with van der Waals surface area (Å²) in [5.74, 6) is 1.07. The highest BCUT2D eigenvalue weighted by molar-refractivity contribution is 6.30. The molecule has 3 rings (SSSR count). The summed E-state index contributed by atoms with van der Waals surface area (Å²) in [6.45, 7) is 7.72. The normalized spacial score (nSPS) is 15.9. The molecule has 0 bridgehead atoms. The van der Waals surface area contributed by atoms with Crippen molar-refractivity contribution in [2.45, 2.75) is 20.0 Å². The number of hydrogen-bond donors (Lipinski definition) is 1. The topological polar surface area (TPSA) is 49.2 Å². The van der Waals surface area contributed by atoms with Gasteiger partial charge in [-0.25, -0.2) is 4.98 Å². The summed E-state index contributed by atoms with van der Waals surface area (Å²) in [6.07, 6.45) is 1.96. The summed E-state index contributed by atoms with van der Waals surface area (Å²) in [6, 6.07) is 4.26. The van der Waals surface area contributed by atoms with Crippen LogP contribution in [0.2, 0.25) is 5.15 Å². The molecular formula is C17H25ClN6. The Bertz CT molecular complexity index is 673. The van der Waals surface area contributed by atoms with Crippen molar-refractivity contribution >= 4 is 17.4 Å². The maximum Gasteiger partial charge on any atom is 0.131 e. The fourth-order valence-electron chi connectivity index (χ4n) is 2.95. The van der Waals surface area contributed by atoms with Gasteiger partial charge in [0.25, 0.3) is 0 Å². The lowest BCUT2D eigenvalue weighted by molar-refractivity contribution is 0.312. The van der Waals surface area contributed by atoms with Gasteiger partial charge < -0.3 is 15.1 Å². The smallest absolute Gasteiger partial charge is 0.131 e. The van der Waals surface area contributed by atoms with Crippen LogP contribution in [-0.2, 0) is 20.1 Å². The van der Waals surface area contributed by atoms with E-state index in [1.807, 2.05) is 20.2 Å². The molecule has 0 saturated carbocycles. The Morgan fingerprint density at radius 3 is 2.46 bits per heavy atom. The van der Waals surface area contributed by atoms with Crippen LogP contribution in [0, 0.1) is 6.92 Å². The second-order valence-corrected chi connectivity index (χ2v) is 6.75. The summed E-state index contributed by atoms with van der Waals surface area (Å²) < 4.78 is 1.71. The van der Waals surface area contributed by atoms with Gasteiger partial charge in [-0.15, -0.1) is 0 Å². The van der Waals surface area contributed by atoms with Crippen LogP contribution >= 0.6 is 11.6 Å². The molecule has 0 unspecified atom stereocenters. The van der Waals surface area contributed by atoms with E-state index in [1.54, 1.807) is 4.68 Å². The molecule has 2 aromatic rings. The molecule has 1 saturated heterocycles. The summed E-state index contributed by atoms with van der Waals surface area (Å²) in [5, 5.41) is 8.45. The average molecular weight is 349 g/mol. The van der Waals surface area contributed by atoms with Crippen molar-refractivity contribution in [2.75, 3.05) is 38.1 Å². The van der Waals surface area contributed by atoms with Gasteiger partial charge in [0.1, 0.15) is 11.0 Å². The van der Waals surface area contributed by atoms with Crippen molar-refractivity contribution in [1.82, 2.24) is 25.0 Å². The first-order valence-electron chi connectivity index (χ1n) is 8.31. The second kappa shape index (κ2) is 7.51. The molecule has 1 aliphatic heterocycles. The van der Waals surface area contributed by atoms with Crippen LogP contribution in [0.25, 0.3) is 0 Å². The number of nitrogens with zero attached hydrogens (tertiary/aromatic N) is 5. The molecule has 0 spiro atoms. The number of aromatic nitrogens is 3. The van der Waals surface area contributed by atoms with Crippen LogP contribution in [-0.4, -0.2) is 52.9 Å². The van der Waals surface area contributed by atoms with Crippen molar-refractivity contribution in [3.8, 4) is 0 Å². The lowest BCUT2D eigenvalue weighted by Gasteiger charge is -2.33. The number of likely N-dealkylation sites (N-methyl/N-ethyl adjacent to an activating group) is 1. The minimum absolute atomic E-state index is 0.698. The lowest BCUT2D eigenvalue weighted by Crippen LogP contribution is -2.44. The molecule has 0 aliphatic carbocycles. The SMILES string of the molecule is Cc1nn(C)c(Cl)c1CNCc1ccc(N2CCN(C)CC2)nc1. The highest BCUT2D eigenvalue weighted by atomic mass is 35.5. The minimum atomic E-state index is 0.698. The second-order valence-electron chi connectivity index (χ2n) is 6.40. The third-order valence-corrected chi connectivity index (χ3v) is 5.01.